The van der Waals surface area contributed by atoms with Gasteiger partial charge in [-0.15, -0.1) is 5.69 Å². The molecule has 0 heterocycles. The standard InChI is InChI=1S/C39H44NP2Si/c1-31(2)37-27-18-28-38(32(3)4)39(37)40-43(5,29-41(33-19-10-6-11-20-33)34-21-12-7-13-22-34)30-42(35-23-14-8-15-24-35)36-25-16-9-17-26-36/h6-28,31-32H,29-30H2,1-5H3/q-1. The van der Waals surface area contributed by atoms with Crippen LogP contribution in [0.3, 0.4) is 0 Å². The van der Waals surface area contributed by atoms with Crippen molar-refractivity contribution >= 4 is 51.0 Å². The molecule has 220 valence electrons. The minimum atomic E-state index is -2.32. The summed E-state index contributed by atoms with van der Waals surface area (Å²) in [7, 11) is -3.47. The Bertz CT molecular complexity index is 1370. The number of benzene rings is 5. The molecule has 1 nitrogen and oxygen atoms in total. The minimum Gasteiger partial charge on any atom is -0.686 e. The van der Waals surface area contributed by atoms with Gasteiger partial charge >= 0.3 is 0 Å². The first-order valence-corrected chi connectivity index (χ1v) is 21.4. The molecule has 0 bridgehead atoms. The predicted octanol–water partition coefficient (Wildman–Crippen LogP) is 9.86. The lowest BCUT2D eigenvalue weighted by atomic mass is 9.93. The highest BCUT2D eigenvalue weighted by molar-refractivity contribution is 7.78. The topological polar surface area (TPSA) is 14.1 Å². The zero-order chi connectivity index (χ0) is 30.2. The van der Waals surface area contributed by atoms with E-state index in [0.717, 1.165) is 11.6 Å². The summed E-state index contributed by atoms with van der Waals surface area (Å²) in [5.41, 5.74) is 4.05. The Balaban J connectivity index is 1.67. The molecule has 0 fully saturated rings. The fourth-order valence-electron chi connectivity index (χ4n) is 5.81. The first-order valence-electron chi connectivity index (χ1n) is 15.5. The van der Waals surface area contributed by atoms with E-state index in [1.165, 1.54) is 38.0 Å². The van der Waals surface area contributed by atoms with Crippen molar-refractivity contribution in [2.75, 3.05) is 11.6 Å². The van der Waals surface area contributed by atoms with Crippen molar-refractivity contribution in [2.45, 2.75) is 46.1 Å². The molecule has 0 aliphatic heterocycles. The molecule has 0 spiro atoms. The molecule has 5 rings (SSSR count). The molecule has 0 aliphatic carbocycles. The number of rotatable bonds is 12. The third-order valence-corrected chi connectivity index (χ3v) is 20.4. The fourth-order valence-corrected chi connectivity index (χ4v) is 19.6. The van der Waals surface area contributed by atoms with Gasteiger partial charge in [-0.25, -0.2) is 0 Å². The fraction of sp³-hybridized carbons (Fsp3) is 0.231. The quantitative estimate of drug-likeness (QED) is 0.0979. The summed E-state index contributed by atoms with van der Waals surface area (Å²) in [5, 5.41) is 5.79. The van der Waals surface area contributed by atoms with E-state index in [9.17, 15) is 0 Å². The van der Waals surface area contributed by atoms with Crippen LogP contribution >= 0.6 is 15.8 Å². The van der Waals surface area contributed by atoms with Crippen LogP contribution in [0.2, 0.25) is 6.55 Å². The molecule has 0 N–H and O–H groups in total. The Hall–Kier alpha value is -3.02. The molecular formula is C39H44NP2Si-. The van der Waals surface area contributed by atoms with E-state index in [4.69, 9.17) is 4.98 Å². The molecule has 4 heteroatoms. The van der Waals surface area contributed by atoms with Gasteiger partial charge in [-0.1, -0.05) is 185 Å². The second-order valence-corrected chi connectivity index (χ2v) is 21.7. The van der Waals surface area contributed by atoms with Gasteiger partial charge in [-0.2, -0.15) is 0 Å². The summed E-state index contributed by atoms with van der Waals surface area (Å²) >= 11 is 0. The average Bonchev–Trinajstić information content (AvgIpc) is 3.04. The predicted molar refractivity (Wildman–Crippen MR) is 197 cm³/mol. The zero-order valence-corrected chi connectivity index (χ0v) is 29.0. The summed E-state index contributed by atoms with van der Waals surface area (Å²) in [6.45, 7) is 11.9. The van der Waals surface area contributed by atoms with E-state index < -0.39 is 24.1 Å². The highest BCUT2D eigenvalue weighted by Gasteiger charge is 2.30. The van der Waals surface area contributed by atoms with Crippen LogP contribution in [0.15, 0.2) is 140 Å². The number of hydrogen-bond donors (Lipinski definition) is 0. The van der Waals surface area contributed by atoms with Crippen LogP contribution in [-0.4, -0.2) is 19.8 Å². The summed E-state index contributed by atoms with van der Waals surface area (Å²) in [5.74, 6) is 3.09. The van der Waals surface area contributed by atoms with Crippen molar-refractivity contribution in [1.82, 2.24) is 0 Å². The van der Waals surface area contributed by atoms with Crippen LogP contribution in [0.1, 0.15) is 50.7 Å². The van der Waals surface area contributed by atoms with Crippen molar-refractivity contribution < 1.29 is 0 Å². The van der Waals surface area contributed by atoms with Gasteiger partial charge in [0, 0.05) is 0 Å². The van der Waals surface area contributed by atoms with Crippen molar-refractivity contribution in [3.8, 4) is 0 Å². The first kappa shape index (κ1) is 31.4. The Morgan fingerprint density at radius 1 is 0.465 bits per heavy atom. The maximum atomic E-state index is 6.09. The lowest BCUT2D eigenvalue weighted by Gasteiger charge is -2.50. The smallest absolute Gasteiger partial charge is 0.0199 e. The summed E-state index contributed by atoms with van der Waals surface area (Å²) < 4.78 is 0. The Labute approximate surface area is 263 Å². The molecule has 0 amide bonds. The average molecular weight is 617 g/mol. The van der Waals surface area contributed by atoms with Gasteiger partial charge in [0.25, 0.3) is 0 Å². The van der Waals surface area contributed by atoms with Crippen LogP contribution in [0.25, 0.3) is 4.98 Å². The molecule has 0 aliphatic rings. The van der Waals surface area contributed by atoms with Crippen LogP contribution < -0.4 is 21.2 Å². The SMILES string of the molecule is CC(C)c1cccc(C(C)C)c1[N-][Si](C)(CP(c1ccccc1)c1ccccc1)CP(c1ccccc1)c1ccccc1. The molecule has 0 saturated carbocycles. The van der Waals surface area contributed by atoms with Gasteiger partial charge in [-0.05, 0) is 68.7 Å². The monoisotopic (exact) mass is 616 g/mol. The van der Waals surface area contributed by atoms with Gasteiger partial charge in [0.05, 0.1) is 0 Å². The largest absolute Gasteiger partial charge is 0.686 e. The maximum absolute atomic E-state index is 6.09. The van der Waals surface area contributed by atoms with Crippen LogP contribution in [0, 0.1) is 0 Å². The van der Waals surface area contributed by atoms with Crippen molar-refractivity contribution in [1.29, 1.82) is 0 Å². The Morgan fingerprint density at radius 3 is 1.05 bits per heavy atom. The first-order chi connectivity index (χ1) is 20.8. The van der Waals surface area contributed by atoms with E-state index in [0.29, 0.717) is 11.8 Å². The Morgan fingerprint density at radius 2 is 0.767 bits per heavy atom. The van der Waals surface area contributed by atoms with Crippen molar-refractivity contribution in [2.24, 2.45) is 0 Å². The van der Waals surface area contributed by atoms with Crippen LogP contribution in [0.4, 0.5) is 5.69 Å². The number of nitrogens with zero attached hydrogens (tertiary/aromatic N) is 1. The molecule has 0 unspecified atom stereocenters. The maximum Gasteiger partial charge on any atom is -0.0199 e. The van der Waals surface area contributed by atoms with Gasteiger partial charge in [-0.3, -0.25) is 0 Å². The molecule has 0 atom stereocenters. The van der Waals surface area contributed by atoms with Crippen molar-refractivity contribution in [3.63, 3.8) is 0 Å². The summed E-state index contributed by atoms with van der Waals surface area (Å²) in [6.07, 6.45) is 0. The molecule has 5 aromatic carbocycles. The van der Waals surface area contributed by atoms with Gasteiger partial charge in [0.2, 0.25) is 0 Å². The highest BCUT2D eigenvalue weighted by Crippen LogP contribution is 2.49. The third kappa shape index (κ3) is 7.93. The van der Waals surface area contributed by atoms with Gasteiger partial charge in [0.1, 0.15) is 0 Å². The lowest BCUT2D eigenvalue weighted by molar-refractivity contribution is 0.841. The van der Waals surface area contributed by atoms with Crippen molar-refractivity contribution in [3.05, 3.63) is 156 Å². The molecule has 0 aromatic heterocycles. The molecule has 43 heavy (non-hydrogen) atoms. The lowest BCUT2D eigenvalue weighted by Crippen LogP contribution is -2.42. The second kappa shape index (κ2) is 14.6. The second-order valence-electron chi connectivity index (χ2n) is 12.2. The molecule has 0 saturated heterocycles. The van der Waals surface area contributed by atoms with Crippen LogP contribution in [0.5, 0.6) is 0 Å². The molecule has 0 radical (unpaired) electrons. The van der Waals surface area contributed by atoms with Crippen LogP contribution in [-0.2, 0) is 0 Å². The van der Waals surface area contributed by atoms with E-state index >= 15 is 0 Å². The van der Waals surface area contributed by atoms with E-state index in [1.54, 1.807) is 0 Å². The van der Waals surface area contributed by atoms with Gasteiger partial charge < -0.3 is 4.98 Å². The molecule has 5 aromatic rings. The third-order valence-electron chi connectivity index (χ3n) is 7.99. The van der Waals surface area contributed by atoms with E-state index in [2.05, 4.69) is 174 Å². The highest BCUT2D eigenvalue weighted by atomic mass is 31.1. The van der Waals surface area contributed by atoms with E-state index in [1.807, 2.05) is 0 Å². The minimum absolute atomic E-state index is 0.421. The normalized spacial score (nSPS) is 11.9. The Kier molecular flexibility index (Phi) is 10.7. The summed E-state index contributed by atoms with van der Waals surface area (Å²) in [4.78, 5) is 6.09. The molecular weight excluding hydrogens is 572 g/mol. The van der Waals surface area contributed by atoms with Gasteiger partial charge in [0.15, 0.2) is 0 Å². The number of hydrogen-bond acceptors (Lipinski definition) is 0. The summed E-state index contributed by atoms with van der Waals surface area (Å²) in [6, 6.07) is 51.8. The zero-order valence-electron chi connectivity index (χ0n) is 26.2. The van der Waals surface area contributed by atoms with E-state index in [-0.39, 0.29) is 0 Å².